The molecule has 0 bridgehead atoms. The van der Waals surface area contributed by atoms with Gasteiger partial charge in [0.05, 0.1) is 17.1 Å². The lowest BCUT2D eigenvalue weighted by molar-refractivity contribution is 0.0989. The lowest BCUT2D eigenvalue weighted by atomic mass is 10.1. The number of aryl methyl sites for hydroxylation is 1. The van der Waals surface area contributed by atoms with Crippen LogP contribution in [0.3, 0.4) is 0 Å². The van der Waals surface area contributed by atoms with Crippen LogP contribution in [0.2, 0.25) is 5.02 Å². The summed E-state index contributed by atoms with van der Waals surface area (Å²) in [6.45, 7) is 2.96. The average Bonchev–Trinajstić information content (AvgIpc) is 2.80. The van der Waals surface area contributed by atoms with E-state index in [4.69, 9.17) is 17.3 Å². The SMILES string of the molecule is CCCn1ccnc1CC(=O)c1ccc(Cl)c(N)c1. The predicted molar refractivity (Wildman–Crippen MR) is 76.4 cm³/mol. The second-order valence-corrected chi connectivity index (χ2v) is 4.78. The lowest BCUT2D eigenvalue weighted by Crippen LogP contribution is -2.10. The first kappa shape index (κ1) is 13.6. The maximum Gasteiger partial charge on any atom is 0.170 e. The predicted octanol–water partition coefficient (Wildman–Crippen LogP) is 2.95. The van der Waals surface area contributed by atoms with Gasteiger partial charge >= 0.3 is 0 Å². The molecule has 0 aliphatic rings. The number of carbonyl (C=O) groups excluding carboxylic acids is 1. The van der Waals surface area contributed by atoms with E-state index in [2.05, 4.69) is 11.9 Å². The summed E-state index contributed by atoms with van der Waals surface area (Å²) in [4.78, 5) is 16.4. The molecule has 0 spiro atoms. The third kappa shape index (κ3) is 3.15. The second kappa shape index (κ2) is 5.89. The second-order valence-electron chi connectivity index (χ2n) is 4.37. The van der Waals surface area contributed by atoms with Crippen molar-refractivity contribution < 1.29 is 4.79 Å². The van der Waals surface area contributed by atoms with Crippen LogP contribution in [0, 0.1) is 0 Å². The highest BCUT2D eigenvalue weighted by atomic mass is 35.5. The van der Waals surface area contributed by atoms with Crippen molar-refractivity contribution in [3.8, 4) is 0 Å². The Balaban J connectivity index is 2.16. The van der Waals surface area contributed by atoms with E-state index in [1.807, 2.05) is 10.8 Å². The number of benzene rings is 1. The summed E-state index contributed by atoms with van der Waals surface area (Å²) in [5, 5.41) is 0.462. The molecule has 0 amide bonds. The fourth-order valence-electron chi connectivity index (χ4n) is 1.91. The summed E-state index contributed by atoms with van der Waals surface area (Å²) in [7, 11) is 0. The molecule has 0 fully saturated rings. The van der Waals surface area contributed by atoms with Gasteiger partial charge in [0.15, 0.2) is 5.78 Å². The minimum Gasteiger partial charge on any atom is -0.398 e. The lowest BCUT2D eigenvalue weighted by Gasteiger charge is -2.06. The fraction of sp³-hybridized carbons (Fsp3) is 0.286. The molecule has 1 aromatic heterocycles. The molecule has 100 valence electrons. The molecule has 0 atom stereocenters. The monoisotopic (exact) mass is 277 g/mol. The van der Waals surface area contributed by atoms with Crippen LogP contribution in [0.15, 0.2) is 30.6 Å². The highest BCUT2D eigenvalue weighted by Crippen LogP contribution is 2.20. The topological polar surface area (TPSA) is 60.9 Å². The molecule has 19 heavy (non-hydrogen) atoms. The van der Waals surface area contributed by atoms with Gasteiger partial charge in [-0.15, -0.1) is 0 Å². The van der Waals surface area contributed by atoms with Gasteiger partial charge in [-0.25, -0.2) is 4.98 Å². The molecular formula is C14H16ClN3O. The summed E-state index contributed by atoms with van der Waals surface area (Å²) in [5.74, 6) is 0.771. The maximum atomic E-state index is 12.2. The van der Waals surface area contributed by atoms with Crippen LogP contribution >= 0.6 is 11.6 Å². The van der Waals surface area contributed by atoms with Crippen molar-refractivity contribution in [1.29, 1.82) is 0 Å². The van der Waals surface area contributed by atoms with E-state index < -0.39 is 0 Å². The number of nitrogens with zero attached hydrogens (tertiary/aromatic N) is 2. The van der Waals surface area contributed by atoms with E-state index in [1.165, 1.54) is 0 Å². The fourth-order valence-corrected chi connectivity index (χ4v) is 2.03. The van der Waals surface area contributed by atoms with Gasteiger partial charge in [0.2, 0.25) is 0 Å². The molecule has 2 rings (SSSR count). The van der Waals surface area contributed by atoms with Crippen LogP contribution in [-0.2, 0) is 13.0 Å². The van der Waals surface area contributed by atoms with Crippen LogP contribution in [0.1, 0.15) is 29.5 Å². The Hall–Kier alpha value is -1.81. The number of nitrogens with two attached hydrogens (primary N) is 1. The van der Waals surface area contributed by atoms with E-state index in [0.717, 1.165) is 18.8 Å². The summed E-state index contributed by atoms with van der Waals surface area (Å²) >= 11 is 5.84. The maximum absolute atomic E-state index is 12.2. The van der Waals surface area contributed by atoms with Crippen molar-refractivity contribution in [1.82, 2.24) is 9.55 Å². The zero-order chi connectivity index (χ0) is 13.8. The molecule has 0 radical (unpaired) electrons. The third-order valence-corrected chi connectivity index (χ3v) is 3.25. The molecule has 0 aliphatic heterocycles. The Labute approximate surface area is 117 Å². The van der Waals surface area contributed by atoms with Crippen LogP contribution < -0.4 is 5.73 Å². The van der Waals surface area contributed by atoms with E-state index in [-0.39, 0.29) is 12.2 Å². The van der Waals surface area contributed by atoms with Crippen molar-refractivity contribution >= 4 is 23.1 Å². The zero-order valence-corrected chi connectivity index (χ0v) is 11.5. The number of anilines is 1. The molecule has 0 unspecified atom stereocenters. The van der Waals surface area contributed by atoms with Crippen LogP contribution in [0.25, 0.3) is 0 Å². The normalized spacial score (nSPS) is 10.6. The Kier molecular flexibility index (Phi) is 4.22. The van der Waals surface area contributed by atoms with Crippen molar-refractivity contribution in [3.63, 3.8) is 0 Å². The summed E-state index contributed by atoms with van der Waals surface area (Å²) in [6.07, 6.45) is 4.89. The van der Waals surface area contributed by atoms with E-state index in [9.17, 15) is 4.79 Å². The standard InChI is InChI=1S/C14H16ClN3O/c1-2-6-18-7-5-17-14(18)9-13(19)10-3-4-11(15)12(16)8-10/h3-5,7-8H,2,6,9,16H2,1H3. The minimum atomic E-state index is -0.00748. The number of hydrogen-bond acceptors (Lipinski definition) is 3. The molecule has 5 heteroatoms. The van der Waals surface area contributed by atoms with E-state index >= 15 is 0 Å². The van der Waals surface area contributed by atoms with Gasteiger partial charge in [-0.3, -0.25) is 4.79 Å². The van der Waals surface area contributed by atoms with Crippen molar-refractivity contribution in [2.45, 2.75) is 26.3 Å². The number of rotatable bonds is 5. The molecule has 0 aliphatic carbocycles. The zero-order valence-electron chi connectivity index (χ0n) is 10.8. The van der Waals surface area contributed by atoms with Crippen molar-refractivity contribution in [2.75, 3.05) is 5.73 Å². The van der Waals surface area contributed by atoms with Gasteiger partial charge in [0, 0.05) is 24.5 Å². The first-order chi connectivity index (χ1) is 9.11. The molecule has 2 aromatic rings. The molecule has 1 heterocycles. The molecular weight excluding hydrogens is 262 g/mol. The Bertz CT molecular complexity index is 592. The van der Waals surface area contributed by atoms with Crippen LogP contribution in [0.5, 0.6) is 0 Å². The molecule has 0 saturated heterocycles. The summed E-state index contributed by atoms with van der Waals surface area (Å²) in [5.41, 5.74) is 6.69. The number of Topliss-reactive ketones (excluding diaryl/α,β-unsaturated/α-hetero) is 1. The number of halogens is 1. The molecule has 2 N–H and O–H groups in total. The van der Waals surface area contributed by atoms with Gasteiger partial charge in [0.1, 0.15) is 5.82 Å². The Morgan fingerprint density at radius 2 is 2.26 bits per heavy atom. The third-order valence-electron chi connectivity index (χ3n) is 2.90. The number of aromatic nitrogens is 2. The van der Waals surface area contributed by atoms with Gasteiger partial charge in [-0.2, -0.15) is 0 Å². The van der Waals surface area contributed by atoms with Crippen LogP contribution in [0.4, 0.5) is 5.69 Å². The largest absolute Gasteiger partial charge is 0.398 e. The number of nitrogen functional groups attached to an aromatic ring is 1. The Morgan fingerprint density at radius 1 is 1.47 bits per heavy atom. The number of ketones is 1. The molecule has 1 aromatic carbocycles. The van der Waals surface area contributed by atoms with Gasteiger partial charge in [0.25, 0.3) is 0 Å². The first-order valence-electron chi connectivity index (χ1n) is 6.20. The molecule has 4 nitrogen and oxygen atoms in total. The van der Waals surface area contributed by atoms with E-state index in [1.54, 1.807) is 24.4 Å². The number of carbonyl (C=O) groups is 1. The first-order valence-corrected chi connectivity index (χ1v) is 6.58. The van der Waals surface area contributed by atoms with Gasteiger partial charge in [-0.05, 0) is 24.6 Å². The summed E-state index contributed by atoms with van der Waals surface area (Å²) in [6, 6.07) is 4.94. The summed E-state index contributed by atoms with van der Waals surface area (Å²) < 4.78 is 2.00. The highest BCUT2D eigenvalue weighted by Gasteiger charge is 2.12. The number of imidazole rings is 1. The van der Waals surface area contributed by atoms with Gasteiger partial charge in [-0.1, -0.05) is 18.5 Å². The average molecular weight is 278 g/mol. The van der Waals surface area contributed by atoms with Crippen LogP contribution in [-0.4, -0.2) is 15.3 Å². The van der Waals surface area contributed by atoms with Crippen molar-refractivity contribution in [2.24, 2.45) is 0 Å². The van der Waals surface area contributed by atoms with E-state index in [0.29, 0.717) is 16.3 Å². The van der Waals surface area contributed by atoms with Crippen molar-refractivity contribution in [3.05, 3.63) is 47.0 Å². The smallest absolute Gasteiger partial charge is 0.170 e. The Morgan fingerprint density at radius 3 is 2.95 bits per heavy atom. The highest BCUT2D eigenvalue weighted by molar-refractivity contribution is 6.33. The quantitative estimate of drug-likeness (QED) is 0.675. The molecule has 0 saturated carbocycles. The number of hydrogen-bond donors (Lipinski definition) is 1. The minimum absolute atomic E-state index is 0.00748. The van der Waals surface area contributed by atoms with Gasteiger partial charge < -0.3 is 10.3 Å².